The Hall–Kier alpha value is -1.72. The lowest BCUT2D eigenvalue weighted by Gasteiger charge is -2.10. The van der Waals surface area contributed by atoms with Crippen molar-refractivity contribution in [2.45, 2.75) is 19.3 Å². The molecule has 2 aromatic rings. The van der Waals surface area contributed by atoms with Crippen molar-refractivity contribution >= 4 is 11.6 Å². The Morgan fingerprint density at radius 1 is 1.00 bits per heavy atom. The smallest absolute Gasteiger partial charge is 0.416 e. The highest BCUT2D eigenvalue weighted by atomic mass is 35.5. The SMILES string of the molecule is Oc1ccc(CNCc2cccc(C(F)(F)F)c2)cc1Cl. The van der Waals surface area contributed by atoms with Crippen LogP contribution in [0.4, 0.5) is 13.2 Å². The van der Waals surface area contributed by atoms with Crippen molar-refractivity contribution in [3.8, 4) is 5.75 Å². The number of hydrogen-bond acceptors (Lipinski definition) is 2. The van der Waals surface area contributed by atoms with Gasteiger partial charge in [-0.1, -0.05) is 35.9 Å². The molecule has 2 nitrogen and oxygen atoms in total. The maximum absolute atomic E-state index is 12.6. The molecule has 2 aromatic carbocycles. The van der Waals surface area contributed by atoms with Gasteiger partial charge >= 0.3 is 6.18 Å². The number of halogens is 4. The Kier molecular flexibility index (Phi) is 4.75. The summed E-state index contributed by atoms with van der Waals surface area (Å²) >= 11 is 5.78. The van der Waals surface area contributed by atoms with Crippen LogP contribution in [-0.2, 0) is 19.3 Å². The van der Waals surface area contributed by atoms with Crippen LogP contribution in [0.25, 0.3) is 0 Å². The van der Waals surface area contributed by atoms with E-state index in [9.17, 15) is 18.3 Å². The lowest BCUT2D eigenvalue weighted by molar-refractivity contribution is -0.137. The monoisotopic (exact) mass is 315 g/mol. The summed E-state index contributed by atoms with van der Waals surface area (Å²) in [6.07, 6.45) is -4.33. The molecule has 0 amide bonds. The highest BCUT2D eigenvalue weighted by Crippen LogP contribution is 2.29. The molecule has 0 bridgehead atoms. The molecular weight excluding hydrogens is 303 g/mol. The Morgan fingerprint density at radius 3 is 2.29 bits per heavy atom. The van der Waals surface area contributed by atoms with Gasteiger partial charge in [-0.3, -0.25) is 0 Å². The van der Waals surface area contributed by atoms with Crippen molar-refractivity contribution < 1.29 is 18.3 Å². The van der Waals surface area contributed by atoms with Crippen molar-refractivity contribution in [3.05, 3.63) is 64.2 Å². The summed E-state index contributed by atoms with van der Waals surface area (Å²) in [4.78, 5) is 0. The molecule has 21 heavy (non-hydrogen) atoms. The van der Waals surface area contributed by atoms with Gasteiger partial charge in [-0.2, -0.15) is 13.2 Å². The molecule has 0 fully saturated rings. The fourth-order valence-corrected chi connectivity index (χ4v) is 2.07. The van der Waals surface area contributed by atoms with Crippen LogP contribution >= 0.6 is 11.6 Å². The Balaban J connectivity index is 1.96. The normalized spacial score (nSPS) is 11.6. The van der Waals surface area contributed by atoms with Crippen LogP contribution in [0.2, 0.25) is 5.02 Å². The minimum atomic E-state index is -4.33. The van der Waals surface area contributed by atoms with Gasteiger partial charge in [-0.05, 0) is 29.3 Å². The molecule has 0 heterocycles. The summed E-state index contributed by atoms with van der Waals surface area (Å²) in [5.41, 5.74) is 0.731. The standard InChI is InChI=1S/C15H13ClF3NO/c16-13-7-11(4-5-14(13)21)9-20-8-10-2-1-3-12(6-10)15(17,18)19/h1-7,20-21H,8-9H2. The number of benzene rings is 2. The van der Waals surface area contributed by atoms with Crippen molar-refractivity contribution in [2.75, 3.05) is 0 Å². The molecule has 0 saturated heterocycles. The van der Waals surface area contributed by atoms with E-state index in [4.69, 9.17) is 11.6 Å². The van der Waals surface area contributed by atoms with Crippen molar-refractivity contribution in [1.82, 2.24) is 5.32 Å². The molecule has 0 unspecified atom stereocenters. The molecular formula is C15H13ClF3NO. The highest BCUT2D eigenvalue weighted by Gasteiger charge is 2.30. The predicted octanol–water partition coefficient (Wildman–Crippen LogP) is 4.35. The summed E-state index contributed by atoms with van der Waals surface area (Å²) in [7, 11) is 0. The molecule has 0 radical (unpaired) electrons. The van der Waals surface area contributed by atoms with Gasteiger partial charge < -0.3 is 10.4 Å². The van der Waals surface area contributed by atoms with Gasteiger partial charge in [0, 0.05) is 13.1 Å². The summed E-state index contributed by atoms with van der Waals surface area (Å²) in [6, 6.07) is 9.96. The number of rotatable bonds is 4. The predicted molar refractivity (Wildman–Crippen MR) is 75.1 cm³/mol. The molecule has 0 saturated carbocycles. The van der Waals surface area contributed by atoms with Crippen molar-refractivity contribution in [1.29, 1.82) is 0 Å². The van der Waals surface area contributed by atoms with Crippen molar-refractivity contribution in [3.63, 3.8) is 0 Å². The topological polar surface area (TPSA) is 32.3 Å². The number of hydrogen-bond donors (Lipinski definition) is 2. The number of aromatic hydroxyl groups is 1. The summed E-state index contributed by atoms with van der Waals surface area (Å²) in [5.74, 6) is -0.00158. The number of phenolic OH excluding ortho intramolecular Hbond substituents is 1. The molecule has 0 spiro atoms. The summed E-state index contributed by atoms with van der Waals surface area (Å²) in [5, 5.41) is 12.6. The zero-order valence-corrected chi connectivity index (χ0v) is 11.7. The maximum atomic E-state index is 12.6. The van der Waals surface area contributed by atoms with E-state index < -0.39 is 11.7 Å². The Morgan fingerprint density at radius 2 is 1.67 bits per heavy atom. The Bertz CT molecular complexity index is 629. The van der Waals surface area contributed by atoms with Gasteiger partial charge in [0.25, 0.3) is 0 Å². The van der Waals surface area contributed by atoms with Gasteiger partial charge in [0.2, 0.25) is 0 Å². The minimum Gasteiger partial charge on any atom is -0.506 e. The largest absolute Gasteiger partial charge is 0.506 e. The lowest BCUT2D eigenvalue weighted by Crippen LogP contribution is -2.13. The zero-order valence-electron chi connectivity index (χ0n) is 10.9. The molecule has 0 atom stereocenters. The van der Waals surface area contributed by atoms with Gasteiger partial charge in [-0.15, -0.1) is 0 Å². The van der Waals surface area contributed by atoms with Crippen molar-refractivity contribution in [2.24, 2.45) is 0 Å². The lowest BCUT2D eigenvalue weighted by atomic mass is 10.1. The zero-order chi connectivity index (χ0) is 15.5. The molecule has 0 aliphatic carbocycles. The van der Waals surface area contributed by atoms with Crippen LogP contribution in [0, 0.1) is 0 Å². The quantitative estimate of drug-likeness (QED) is 0.879. The number of phenols is 1. The van der Waals surface area contributed by atoms with Gasteiger partial charge in [0.1, 0.15) is 5.75 Å². The molecule has 0 aliphatic heterocycles. The first-order valence-corrected chi connectivity index (χ1v) is 6.58. The maximum Gasteiger partial charge on any atom is 0.416 e. The second kappa shape index (κ2) is 6.37. The highest BCUT2D eigenvalue weighted by molar-refractivity contribution is 6.32. The number of alkyl halides is 3. The second-order valence-electron chi connectivity index (χ2n) is 4.59. The van der Waals surface area contributed by atoms with E-state index in [0.29, 0.717) is 18.7 Å². The van der Waals surface area contributed by atoms with Crippen LogP contribution < -0.4 is 5.32 Å². The molecule has 2 N–H and O–H groups in total. The van der Waals surface area contributed by atoms with Gasteiger partial charge in [0.05, 0.1) is 10.6 Å². The molecule has 2 rings (SSSR count). The molecule has 6 heteroatoms. The van der Waals surface area contributed by atoms with Crippen LogP contribution in [0.1, 0.15) is 16.7 Å². The molecule has 112 valence electrons. The molecule has 0 aliphatic rings. The number of nitrogens with one attached hydrogen (secondary N) is 1. The van der Waals surface area contributed by atoms with E-state index in [2.05, 4.69) is 5.32 Å². The van der Waals surface area contributed by atoms with E-state index in [1.54, 1.807) is 18.2 Å². The first-order chi connectivity index (χ1) is 9.86. The van der Waals surface area contributed by atoms with Crippen LogP contribution in [0.15, 0.2) is 42.5 Å². The van der Waals surface area contributed by atoms with E-state index in [0.717, 1.165) is 17.7 Å². The summed E-state index contributed by atoms with van der Waals surface area (Å²) < 4.78 is 37.7. The first kappa shape index (κ1) is 15.7. The van der Waals surface area contributed by atoms with E-state index in [1.807, 2.05) is 0 Å². The van der Waals surface area contributed by atoms with Gasteiger partial charge in [0.15, 0.2) is 0 Å². The average molecular weight is 316 g/mol. The van der Waals surface area contributed by atoms with Crippen LogP contribution in [-0.4, -0.2) is 5.11 Å². The minimum absolute atomic E-state index is 0.00158. The fraction of sp³-hybridized carbons (Fsp3) is 0.200. The molecule has 0 aromatic heterocycles. The van der Waals surface area contributed by atoms with E-state index in [-0.39, 0.29) is 10.8 Å². The third kappa shape index (κ3) is 4.37. The second-order valence-corrected chi connectivity index (χ2v) is 4.99. The van der Waals surface area contributed by atoms with E-state index >= 15 is 0 Å². The first-order valence-electron chi connectivity index (χ1n) is 6.20. The van der Waals surface area contributed by atoms with E-state index in [1.165, 1.54) is 12.1 Å². The van der Waals surface area contributed by atoms with Gasteiger partial charge in [-0.25, -0.2) is 0 Å². The Labute approximate surface area is 125 Å². The van der Waals surface area contributed by atoms with Crippen LogP contribution in [0.5, 0.6) is 5.75 Å². The third-order valence-corrected chi connectivity index (χ3v) is 3.23. The fourth-order valence-electron chi connectivity index (χ4n) is 1.87. The summed E-state index contributed by atoms with van der Waals surface area (Å²) in [6.45, 7) is 0.749. The third-order valence-electron chi connectivity index (χ3n) is 2.92. The average Bonchev–Trinajstić information content (AvgIpc) is 2.42. The van der Waals surface area contributed by atoms with Crippen LogP contribution in [0.3, 0.4) is 0 Å².